The summed E-state index contributed by atoms with van der Waals surface area (Å²) in [6.45, 7) is 1.88. The Morgan fingerprint density at radius 2 is 1.80 bits per heavy atom. The Labute approximate surface area is 160 Å². The number of carbonyl (C=O) groups excluding carboxylic acids is 2. The average Bonchev–Trinajstić information content (AvgIpc) is 2.53. The molecule has 0 fully saturated rings. The zero-order valence-electron chi connectivity index (χ0n) is 13.1. The van der Waals surface area contributed by atoms with Crippen LogP contribution >= 0.6 is 34.8 Å². The molecule has 2 aromatic rings. The van der Waals surface area contributed by atoms with E-state index in [1.54, 1.807) is 36.4 Å². The Bertz CT molecular complexity index is 791. The fourth-order valence-electron chi connectivity index (χ4n) is 2.11. The summed E-state index contributed by atoms with van der Waals surface area (Å²) in [6, 6.07) is 13.6. The summed E-state index contributed by atoms with van der Waals surface area (Å²) >= 11 is 16.9. The first kappa shape index (κ1) is 19.4. The monoisotopic (exact) mass is 400 g/mol. The highest BCUT2D eigenvalue weighted by atomic mass is 35.6. The van der Waals surface area contributed by atoms with E-state index in [1.165, 1.54) is 6.07 Å². The molecule has 0 heterocycles. The summed E-state index contributed by atoms with van der Waals surface area (Å²) in [5, 5.41) is 2.51. The maximum Gasteiger partial charge on any atom is 0.275 e. The van der Waals surface area contributed by atoms with Crippen LogP contribution in [0.4, 0.5) is 0 Å². The van der Waals surface area contributed by atoms with Gasteiger partial charge in [0, 0.05) is 5.56 Å². The zero-order chi connectivity index (χ0) is 18.6. The van der Waals surface area contributed by atoms with Crippen molar-refractivity contribution in [3.63, 3.8) is 0 Å². The molecule has 2 aromatic carbocycles. The van der Waals surface area contributed by atoms with E-state index in [-0.39, 0.29) is 11.3 Å². The summed E-state index contributed by atoms with van der Waals surface area (Å²) in [6.07, 6.45) is -0.983. The van der Waals surface area contributed by atoms with Crippen molar-refractivity contribution >= 4 is 46.6 Å². The van der Waals surface area contributed by atoms with Crippen molar-refractivity contribution in [1.29, 1.82) is 0 Å². The summed E-state index contributed by atoms with van der Waals surface area (Å²) in [4.78, 5) is 23.6. The number of carbonyl (C=O) groups is 2. The molecule has 0 aliphatic heterocycles. The van der Waals surface area contributed by atoms with Crippen LogP contribution in [0.15, 0.2) is 48.5 Å². The molecular weight excluding hydrogens is 387 g/mol. The van der Waals surface area contributed by atoms with E-state index in [0.29, 0.717) is 5.56 Å². The molecule has 0 saturated heterocycles. The normalized spacial score (nSPS) is 12.3. The van der Waals surface area contributed by atoms with Crippen molar-refractivity contribution in [3.05, 3.63) is 65.2 Å². The molecular formula is C17H15Cl3N2O3. The number of benzene rings is 2. The fourth-order valence-corrected chi connectivity index (χ4v) is 2.28. The highest BCUT2D eigenvalue weighted by Crippen LogP contribution is 2.29. The van der Waals surface area contributed by atoms with E-state index in [4.69, 9.17) is 45.3 Å². The number of para-hydroxylation sites is 1. The molecule has 132 valence electrons. The fraction of sp³-hybridized carbons (Fsp3) is 0.176. The van der Waals surface area contributed by atoms with Gasteiger partial charge in [0.25, 0.3) is 15.6 Å². The lowest BCUT2D eigenvalue weighted by atomic mass is 10.1. The Balaban J connectivity index is 2.39. The minimum absolute atomic E-state index is 0.170. The Morgan fingerprint density at radius 1 is 1.12 bits per heavy atom. The Kier molecular flexibility index (Phi) is 6.16. The number of primary amides is 1. The number of rotatable bonds is 5. The number of hydrogen-bond donors (Lipinski definition) is 2. The molecule has 0 aromatic heterocycles. The third-order valence-electron chi connectivity index (χ3n) is 3.26. The minimum atomic E-state index is -2.16. The van der Waals surface area contributed by atoms with Crippen LogP contribution in [0.3, 0.4) is 0 Å². The van der Waals surface area contributed by atoms with Gasteiger partial charge in [-0.15, -0.1) is 0 Å². The third kappa shape index (κ3) is 5.26. The number of halogens is 3. The highest BCUT2D eigenvalue weighted by Gasteiger charge is 2.33. The van der Waals surface area contributed by atoms with E-state index in [2.05, 4.69) is 5.32 Å². The molecule has 8 heteroatoms. The number of nitrogens with one attached hydrogen (secondary N) is 1. The minimum Gasteiger partial charge on any atom is -0.466 e. The molecule has 5 nitrogen and oxygen atoms in total. The zero-order valence-corrected chi connectivity index (χ0v) is 15.4. The van der Waals surface area contributed by atoms with Gasteiger partial charge in [0.05, 0.1) is 5.56 Å². The standard InChI is InChI=1S/C17H15Cl3N2O3/c1-10-5-4-6-11(9-10)15(22-16(24)17(18,19)20)25-13-8-3-2-7-12(13)14(21)23/h2-9,15H,1H3,(H2,21,23)(H,22,24). The van der Waals surface area contributed by atoms with Crippen molar-refractivity contribution in [2.45, 2.75) is 16.9 Å². The summed E-state index contributed by atoms with van der Waals surface area (Å²) in [5.41, 5.74) is 7.08. The molecule has 0 aliphatic carbocycles. The van der Waals surface area contributed by atoms with E-state index in [9.17, 15) is 9.59 Å². The summed E-state index contributed by atoms with van der Waals surface area (Å²) in [7, 11) is 0. The van der Waals surface area contributed by atoms with E-state index < -0.39 is 21.8 Å². The first-order valence-corrected chi connectivity index (χ1v) is 8.31. The number of alkyl halides is 3. The van der Waals surface area contributed by atoms with Crippen LogP contribution in [-0.4, -0.2) is 15.6 Å². The smallest absolute Gasteiger partial charge is 0.275 e. The van der Waals surface area contributed by atoms with Gasteiger partial charge in [-0.25, -0.2) is 0 Å². The van der Waals surface area contributed by atoms with Gasteiger partial charge in [0.15, 0.2) is 6.23 Å². The average molecular weight is 402 g/mol. The van der Waals surface area contributed by atoms with E-state index in [1.807, 2.05) is 13.0 Å². The molecule has 0 radical (unpaired) electrons. The van der Waals surface area contributed by atoms with Gasteiger partial charge in [0.2, 0.25) is 0 Å². The van der Waals surface area contributed by atoms with Gasteiger partial charge in [0.1, 0.15) is 5.75 Å². The van der Waals surface area contributed by atoms with E-state index >= 15 is 0 Å². The first-order chi connectivity index (χ1) is 11.7. The van der Waals surface area contributed by atoms with Crippen molar-refractivity contribution in [1.82, 2.24) is 5.32 Å². The maximum atomic E-state index is 12.1. The number of nitrogens with two attached hydrogens (primary N) is 1. The second kappa shape index (κ2) is 7.95. The summed E-state index contributed by atoms with van der Waals surface area (Å²) < 4.78 is 3.65. The lowest BCUT2D eigenvalue weighted by Crippen LogP contribution is -2.39. The quantitative estimate of drug-likeness (QED) is 0.592. The van der Waals surface area contributed by atoms with Crippen molar-refractivity contribution in [2.75, 3.05) is 0 Å². The van der Waals surface area contributed by atoms with Crippen molar-refractivity contribution in [3.8, 4) is 5.75 Å². The summed E-state index contributed by atoms with van der Waals surface area (Å²) in [5.74, 6) is -1.32. The van der Waals surface area contributed by atoms with Crippen LogP contribution in [0, 0.1) is 6.92 Å². The predicted molar refractivity (Wildman–Crippen MR) is 97.9 cm³/mol. The Morgan fingerprint density at radius 3 is 2.40 bits per heavy atom. The topological polar surface area (TPSA) is 81.4 Å². The third-order valence-corrected chi connectivity index (χ3v) is 3.78. The highest BCUT2D eigenvalue weighted by molar-refractivity contribution is 6.76. The van der Waals surface area contributed by atoms with Crippen LogP contribution in [0.1, 0.15) is 27.7 Å². The van der Waals surface area contributed by atoms with Gasteiger partial charge in [-0.2, -0.15) is 0 Å². The van der Waals surface area contributed by atoms with Crippen LogP contribution in [0.2, 0.25) is 0 Å². The number of hydrogen-bond acceptors (Lipinski definition) is 3. The van der Waals surface area contributed by atoms with Crippen LogP contribution in [0.25, 0.3) is 0 Å². The number of amides is 2. The second-order valence-electron chi connectivity index (χ2n) is 5.24. The van der Waals surface area contributed by atoms with Crippen molar-refractivity contribution in [2.24, 2.45) is 5.73 Å². The maximum absolute atomic E-state index is 12.1. The van der Waals surface area contributed by atoms with Gasteiger partial charge >= 0.3 is 0 Å². The predicted octanol–water partition coefficient (Wildman–Crippen LogP) is 3.66. The number of ether oxygens (including phenoxy) is 1. The van der Waals surface area contributed by atoms with Crippen LogP contribution < -0.4 is 15.8 Å². The largest absolute Gasteiger partial charge is 0.466 e. The molecule has 0 aliphatic rings. The lowest BCUT2D eigenvalue weighted by Gasteiger charge is -2.24. The molecule has 0 spiro atoms. The van der Waals surface area contributed by atoms with Gasteiger partial charge < -0.3 is 15.8 Å². The molecule has 0 bridgehead atoms. The van der Waals surface area contributed by atoms with Gasteiger partial charge in [-0.1, -0.05) is 76.8 Å². The first-order valence-electron chi connectivity index (χ1n) is 7.18. The lowest BCUT2D eigenvalue weighted by molar-refractivity contribution is -0.122. The molecule has 1 atom stereocenters. The Hall–Kier alpha value is -1.95. The van der Waals surface area contributed by atoms with Crippen LogP contribution in [-0.2, 0) is 4.79 Å². The molecule has 2 rings (SSSR count). The van der Waals surface area contributed by atoms with Crippen molar-refractivity contribution < 1.29 is 14.3 Å². The van der Waals surface area contributed by atoms with Gasteiger partial charge in [-0.3, -0.25) is 9.59 Å². The second-order valence-corrected chi connectivity index (χ2v) is 7.52. The molecule has 25 heavy (non-hydrogen) atoms. The molecule has 1 unspecified atom stereocenters. The molecule has 3 N–H and O–H groups in total. The molecule has 0 saturated carbocycles. The van der Waals surface area contributed by atoms with E-state index in [0.717, 1.165) is 5.56 Å². The number of aryl methyl sites for hydroxylation is 1. The van der Waals surface area contributed by atoms with Crippen LogP contribution in [0.5, 0.6) is 5.75 Å². The van der Waals surface area contributed by atoms with Gasteiger partial charge in [-0.05, 0) is 19.1 Å². The molecule has 2 amide bonds. The SMILES string of the molecule is Cc1cccc(C(NC(=O)C(Cl)(Cl)Cl)Oc2ccccc2C(N)=O)c1.